The third-order valence-corrected chi connectivity index (χ3v) is 8.84. The Labute approximate surface area is 229 Å². The number of rotatable bonds is 9. The lowest BCUT2D eigenvalue weighted by Crippen LogP contribution is -2.32. The summed E-state index contributed by atoms with van der Waals surface area (Å²) in [5, 5.41) is 0. The van der Waals surface area contributed by atoms with E-state index in [4.69, 9.17) is 19.2 Å². The maximum Gasteiger partial charge on any atom is 0.250 e. The Morgan fingerprint density at radius 1 is 1.05 bits per heavy atom. The monoisotopic (exact) mass is 549 g/mol. The highest BCUT2D eigenvalue weighted by atomic mass is 28.3. The van der Waals surface area contributed by atoms with Crippen molar-refractivity contribution < 1.29 is 18.6 Å². The average molecular weight is 550 g/mol. The minimum atomic E-state index is -1.64. The summed E-state index contributed by atoms with van der Waals surface area (Å²) in [7, 11) is 0.429. The third-order valence-electron chi connectivity index (χ3n) is 7.14. The Morgan fingerprint density at radius 3 is 2.49 bits per heavy atom. The normalized spacial score (nSPS) is 15.5. The van der Waals surface area contributed by atoms with Crippen molar-refractivity contribution in [2.24, 2.45) is 7.05 Å². The van der Waals surface area contributed by atoms with Crippen LogP contribution in [0.4, 0.5) is 4.39 Å². The molecule has 1 aliphatic rings. The molecule has 0 radical (unpaired) electrons. The van der Waals surface area contributed by atoms with Gasteiger partial charge in [0, 0.05) is 58.0 Å². The highest BCUT2D eigenvalue weighted by Gasteiger charge is 2.40. The van der Waals surface area contributed by atoms with Crippen LogP contribution in [0.3, 0.4) is 0 Å². The summed E-state index contributed by atoms with van der Waals surface area (Å²) >= 11 is 0. The molecule has 0 unspecified atom stereocenters. The number of para-hydroxylation sites is 1. The maximum absolute atomic E-state index is 16.5. The predicted molar refractivity (Wildman–Crippen MR) is 154 cm³/mol. The Balaban J connectivity index is 1.67. The van der Waals surface area contributed by atoms with Crippen LogP contribution in [-0.2, 0) is 28.9 Å². The molecule has 39 heavy (non-hydrogen) atoms. The molecule has 0 spiro atoms. The molecule has 0 atom stereocenters. The highest BCUT2D eigenvalue weighted by Crippen LogP contribution is 2.43. The first kappa shape index (κ1) is 27.3. The fourth-order valence-electron chi connectivity index (χ4n) is 4.78. The van der Waals surface area contributed by atoms with Gasteiger partial charge in [-0.2, -0.15) is 0 Å². The Kier molecular flexibility index (Phi) is 7.75. The first-order valence-corrected chi connectivity index (χ1v) is 17.1. The van der Waals surface area contributed by atoms with E-state index in [2.05, 4.69) is 19.6 Å². The molecule has 1 aliphatic heterocycles. The van der Waals surface area contributed by atoms with E-state index < -0.39 is 13.7 Å². The van der Waals surface area contributed by atoms with Gasteiger partial charge in [0.05, 0.1) is 18.7 Å². The summed E-state index contributed by atoms with van der Waals surface area (Å²) < 4.78 is 37.9. The van der Waals surface area contributed by atoms with E-state index in [9.17, 15) is 4.79 Å². The van der Waals surface area contributed by atoms with E-state index in [1.54, 1.807) is 19.3 Å². The average Bonchev–Trinajstić information content (AvgIpc) is 3.29. The summed E-state index contributed by atoms with van der Waals surface area (Å²) in [5.41, 5.74) is 1.11. The minimum Gasteiger partial charge on any atom is -0.454 e. The number of fused-ring (bicyclic) bond motifs is 1. The number of pyridine rings is 1. The molecule has 0 amide bonds. The number of hydrogen-bond acceptors (Lipinski definition) is 5. The van der Waals surface area contributed by atoms with Crippen LogP contribution in [0.1, 0.15) is 18.7 Å². The van der Waals surface area contributed by atoms with E-state index >= 15 is 4.39 Å². The van der Waals surface area contributed by atoms with Gasteiger partial charge >= 0.3 is 0 Å². The van der Waals surface area contributed by atoms with Crippen molar-refractivity contribution in [1.82, 2.24) is 14.1 Å². The zero-order chi connectivity index (χ0) is 27.6. The fourth-order valence-corrected chi connectivity index (χ4v) is 5.54. The van der Waals surface area contributed by atoms with Crippen LogP contribution >= 0.6 is 0 Å². The number of imidazole rings is 1. The number of aromatic nitrogens is 3. The van der Waals surface area contributed by atoms with Crippen LogP contribution in [0.2, 0.25) is 25.7 Å². The smallest absolute Gasteiger partial charge is 0.250 e. The van der Waals surface area contributed by atoms with Gasteiger partial charge in [-0.1, -0.05) is 37.8 Å². The van der Waals surface area contributed by atoms with Crippen LogP contribution in [0.5, 0.6) is 11.5 Å². The van der Waals surface area contributed by atoms with E-state index in [1.807, 2.05) is 47.0 Å². The predicted octanol–water partition coefficient (Wildman–Crippen LogP) is 6.48. The second-order valence-electron chi connectivity index (χ2n) is 11.4. The summed E-state index contributed by atoms with van der Waals surface area (Å²) in [6.45, 7) is 8.41. The summed E-state index contributed by atoms with van der Waals surface area (Å²) in [6.07, 6.45) is 2.23. The Hall–Kier alpha value is -3.27. The molecule has 9 heteroatoms. The van der Waals surface area contributed by atoms with Gasteiger partial charge in [0.2, 0.25) is 5.56 Å². The molecule has 0 bridgehead atoms. The SMILES string of the molecule is Cn1cc(-c2ccc3c(nc(C4(F)CCOCC4)n3COCC[Si](C)(C)C)c2Oc2ccccc2)ccc1=O. The van der Waals surface area contributed by atoms with Crippen molar-refractivity contribution >= 4 is 19.1 Å². The van der Waals surface area contributed by atoms with Crippen molar-refractivity contribution in [1.29, 1.82) is 0 Å². The minimum absolute atomic E-state index is 0.105. The number of alkyl halides is 1. The van der Waals surface area contributed by atoms with Gasteiger partial charge < -0.3 is 23.3 Å². The summed E-state index contributed by atoms with van der Waals surface area (Å²) in [6, 6.07) is 17.7. The Bertz CT molecular complexity index is 1500. The van der Waals surface area contributed by atoms with Crippen LogP contribution < -0.4 is 10.3 Å². The summed E-state index contributed by atoms with van der Waals surface area (Å²) in [4.78, 5) is 17.0. The molecule has 4 aromatic rings. The van der Waals surface area contributed by atoms with Crippen molar-refractivity contribution in [3.05, 3.63) is 77.0 Å². The van der Waals surface area contributed by atoms with Gasteiger partial charge in [0.15, 0.2) is 11.4 Å². The number of aryl methyl sites for hydroxylation is 1. The molecule has 1 fully saturated rings. The van der Waals surface area contributed by atoms with Gasteiger partial charge in [-0.25, -0.2) is 9.37 Å². The van der Waals surface area contributed by atoms with Gasteiger partial charge in [0.25, 0.3) is 0 Å². The zero-order valence-electron chi connectivity index (χ0n) is 23.1. The van der Waals surface area contributed by atoms with Gasteiger partial charge in [0.1, 0.15) is 23.8 Å². The second kappa shape index (κ2) is 11.1. The molecule has 7 nitrogen and oxygen atoms in total. The van der Waals surface area contributed by atoms with Crippen molar-refractivity contribution in [2.75, 3.05) is 19.8 Å². The number of hydrogen-bond donors (Lipinski definition) is 0. The number of ether oxygens (including phenoxy) is 3. The molecule has 5 rings (SSSR count). The van der Waals surface area contributed by atoms with E-state index in [0.29, 0.717) is 42.7 Å². The first-order chi connectivity index (χ1) is 18.6. The third kappa shape index (κ3) is 6.00. The lowest BCUT2D eigenvalue weighted by atomic mass is 9.95. The zero-order valence-corrected chi connectivity index (χ0v) is 24.1. The van der Waals surface area contributed by atoms with Crippen LogP contribution in [-0.4, -0.2) is 42.0 Å². The van der Waals surface area contributed by atoms with Crippen LogP contribution in [0.15, 0.2) is 65.6 Å². The first-order valence-electron chi connectivity index (χ1n) is 13.4. The molecule has 0 saturated carbocycles. The topological polar surface area (TPSA) is 67.5 Å². The molecule has 2 aromatic heterocycles. The van der Waals surface area contributed by atoms with Crippen molar-refractivity contribution in [2.45, 2.75) is 50.9 Å². The number of benzene rings is 2. The lowest BCUT2D eigenvalue weighted by Gasteiger charge is -2.29. The van der Waals surface area contributed by atoms with Crippen LogP contribution in [0.25, 0.3) is 22.2 Å². The molecular weight excluding hydrogens is 513 g/mol. The van der Waals surface area contributed by atoms with Crippen molar-refractivity contribution in [3.63, 3.8) is 0 Å². The molecule has 206 valence electrons. The largest absolute Gasteiger partial charge is 0.454 e. The standard InChI is InChI=1S/C30H36FN3O4Si/c1-33-20-22(10-13-26(33)35)24-11-12-25-27(28(24)38-23-8-6-5-7-9-23)32-29(30(31)14-16-36-17-15-30)34(25)21-37-18-19-39(2,3)4/h5-13,20H,14-19,21H2,1-4H3. The lowest BCUT2D eigenvalue weighted by molar-refractivity contribution is -0.0223. The van der Waals surface area contributed by atoms with Gasteiger partial charge in [-0.15, -0.1) is 0 Å². The number of halogens is 1. The molecular formula is C30H36FN3O4Si. The fraction of sp³-hybridized carbons (Fsp3) is 0.400. The Morgan fingerprint density at radius 2 is 1.79 bits per heavy atom. The van der Waals surface area contributed by atoms with E-state index in [-0.39, 0.29) is 25.1 Å². The number of nitrogens with zero attached hydrogens (tertiary/aromatic N) is 3. The maximum atomic E-state index is 16.5. The van der Waals surface area contributed by atoms with Crippen molar-refractivity contribution in [3.8, 4) is 22.6 Å². The van der Waals surface area contributed by atoms with E-state index in [1.165, 1.54) is 10.6 Å². The van der Waals surface area contributed by atoms with E-state index in [0.717, 1.165) is 22.7 Å². The van der Waals surface area contributed by atoms with Gasteiger partial charge in [-0.3, -0.25) is 4.79 Å². The molecule has 3 heterocycles. The van der Waals surface area contributed by atoms with Crippen LogP contribution in [0, 0.1) is 0 Å². The molecule has 2 aromatic carbocycles. The summed E-state index contributed by atoms with van der Waals surface area (Å²) in [5.74, 6) is 1.49. The quantitative estimate of drug-likeness (QED) is 0.177. The molecule has 0 aliphatic carbocycles. The molecule has 1 saturated heterocycles. The highest BCUT2D eigenvalue weighted by molar-refractivity contribution is 6.76. The molecule has 0 N–H and O–H groups in total. The van der Waals surface area contributed by atoms with Gasteiger partial charge in [-0.05, 0) is 36.4 Å². The second-order valence-corrected chi connectivity index (χ2v) is 17.0.